The van der Waals surface area contributed by atoms with Crippen molar-refractivity contribution in [1.82, 2.24) is 0 Å². The van der Waals surface area contributed by atoms with Crippen LogP contribution in [0.15, 0.2) is 42.5 Å². The predicted molar refractivity (Wildman–Crippen MR) is 77.6 cm³/mol. The quantitative estimate of drug-likeness (QED) is 0.479. The first-order chi connectivity index (χ1) is 10.1. The van der Waals surface area contributed by atoms with E-state index in [0.29, 0.717) is 11.3 Å². The Morgan fingerprint density at radius 2 is 1.90 bits per heavy atom. The number of nitro groups is 1. The van der Waals surface area contributed by atoms with Crippen LogP contribution in [0.5, 0.6) is 0 Å². The van der Waals surface area contributed by atoms with Crippen LogP contribution in [-0.2, 0) is 4.74 Å². The smallest absolute Gasteiger partial charge is 0.344 e. The van der Waals surface area contributed by atoms with E-state index >= 15 is 0 Å². The minimum absolute atomic E-state index is 0.122. The van der Waals surface area contributed by atoms with Gasteiger partial charge in [0.15, 0.2) is 0 Å². The fourth-order valence-electron chi connectivity index (χ4n) is 2.24. The molecular formula is C16H11NO4. The van der Waals surface area contributed by atoms with Gasteiger partial charge in [0.1, 0.15) is 5.76 Å². The van der Waals surface area contributed by atoms with Crippen molar-refractivity contribution in [3.63, 3.8) is 0 Å². The van der Waals surface area contributed by atoms with Gasteiger partial charge in [-0.15, -0.1) is 0 Å². The Morgan fingerprint density at radius 3 is 2.62 bits per heavy atom. The molecule has 3 rings (SSSR count). The van der Waals surface area contributed by atoms with E-state index in [4.69, 9.17) is 4.74 Å². The van der Waals surface area contributed by atoms with Crippen LogP contribution < -0.4 is 0 Å². The predicted octanol–water partition coefficient (Wildman–Crippen LogP) is 3.57. The van der Waals surface area contributed by atoms with Crippen molar-refractivity contribution >= 4 is 23.5 Å². The molecule has 0 fully saturated rings. The van der Waals surface area contributed by atoms with E-state index in [2.05, 4.69) is 0 Å². The maximum atomic E-state index is 11.8. The molecule has 0 amide bonds. The van der Waals surface area contributed by atoms with Gasteiger partial charge >= 0.3 is 5.97 Å². The highest BCUT2D eigenvalue weighted by Crippen LogP contribution is 2.33. The van der Waals surface area contributed by atoms with E-state index < -0.39 is 10.9 Å². The van der Waals surface area contributed by atoms with Crippen molar-refractivity contribution in [3.8, 4) is 0 Å². The zero-order valence-electron chi connectivity index (χ0n) is 11.2. The molecule has 0 saturated carbocycles. The maximum absolute atomic E-state index is 11.8. The zero-order valence-corrected chi connectivity index (χ0v) is 11.2. The summed E-state index contributed by atoms with van der Waals surface area (Å²) in [6, 6.07) is 11.9. The van der Waals surface area contributed by atoms with E-state index in [1.807, 2.05) is 31.2 Å². The number of carbonyl (C=O) groups excluding carboxylic acids is 1. The van der Waals surface area contributed by atoms with Crippen LogP contribution in [0.3, 0.4) is 0 Å². The van der Waals surface area contributed by atoms with E-state index in [-0.39, 0.29) is 11.3 Å². The molecular weight excluding hydrogens is 270 g/mol. The SMILES string of the molecule is Cc1ccccc1/C=C1\OC(=O)c2cc([N+](=O)[O-])ccc21. The number of carbonyl (C=O) groups is 1. The number of hydrogen-bond acceptors (Lipinski definition) is 4. The standard InChI is InChI=1S/C16H11NO4/c1-10-4-2-3-5-11(10)8-15-13-7-6-12(17(19)20)9-14(13)16(18)21-15/h2-9H,1H3/b15-8-. The summed E-state index contributed by atoms with van der Waals surface area (Å²) in [6.45, 7) is 1.96. The lowest BCUT2D eigenvalue weighted by molar-refractivity contribution is -0.384. The normalized spacial score (nSPS) is 14.9. The van der Waals surface area contributed by atoms with Gasteiger partial charge < -0.3 is 4.74 Å². The van der Waals surface area contributed by atoms with Gasteiger partial charge in [-0.2, -0.15) is 0 Å². The molecule has 0 spiro atoms. The molecule has 1 heterocycles. The first-order valence-electron chi connectivity index (χ1n) is 6.34. The average molecular weight is 281 g/mol. The Hall–Kier alpha value is -2.95. The molecule has 5 nitrogen and oxygen atoms in total. The zero-order chi connectivity index (χ0) is 15.0. The fourth-order valence-corrected chi connectivity index (χ4v) is 2.24. The van der Waals surface area contributed by atoms with Crippen molar-refractivity contribution in [1.29, 1.82) is 0 Å². The lowest BCUT2D eigenvalue weighted by Crippen LogP contribution is -1.95. The third-order valence-corrected chi connectivity index (χ3v) is 3.38. The average Bonchev–Trinajstić information content (AvgIpc) is 2.77. The summed E-state index contributed by atoms with van der Waals surface area (Å²) in [4.78, 5) is 22.1. The lowest BCUT2D eigenvalue weighted by atomic mass is 10.0. The summed E-state index contributed by atoms with van der Waals surface area (Å²) in [5.74, 6) is -0.146. The lowest BCUT2D eigenvalue weighted by Gasteiger charge is -2.02. The van der Waals surface area contributed by atoms with Gasteiger partial charge in [-0.25, -0.2) is 4.79 Å². The largest absolute Gasteiger partial charge is 0.422 e. The third kappa shape index (κ3) is 2.29. The summed E-state index contributed by atoms with van der Waals surface area (Å²) in [5.41, 5.74) is 2.67. The number of esters is 1. The van der Waals surface area contributed by atoms with Gasteiger partial charge in [0.05, 0.1) is 10.5 Å². The number of benzene rings is 2. The Bertz CT molecular complexity index is 793. The highest BCUT2D eigenvalue weighted by atomic mass is 16.6. The molecule has 0 aromatic heterocycles. The molecule has 0 bridgehead atoms. The first-order valence-corrected chi connectivity index (χ1v) is 6.34. The van der Waals surface area contributed by atoms with Crippen LogP contribution in [0, 0.1) is 17.0 Å². The number of nitrogens with zero attached hydrogens (tertiary/aromatic N) is 1. The summed E-state index contributed by atoms with van der Waals surface area (Å²) in [7, 11) is 0. The Balaban J connectivity index is 2.09. The fraction of sp³-hybridized carbons (Fsp3) is 0.0625. The van der Waals surface area contributed by atoms with Crippen LogP contribution in [0.2, 0.25) is 0 Å². The van der Waals surface area contributed by atoms with Gasteiger partial charge in [-0.1, -0.05) is 24.3 Å². The van der Waals surface area contributed by atoms with Gasteiger partial charge in [-0.3, -0.25) is 10.1 Å². The Labute approximate surface area is 120 Å². The first kappa shape index (κ1) is 13.1. The monoisotopic (exact) mass is 281 g/mol. The van der Waals surface area contributed by atoms with Gasteiger partial charge in [-0.05, 0) is 30.2 Å². The second kappa shape index (κ2) is 4.86. The summed E-state index contributed by atoms with van der Waals surface area (Å²) < 4.78 is 5.23. The molecule has 104 valence electrons. The number of non-ortho nitro benzene ring substituents is 1. The highest BCUT2D eigenvalue weighted by molar-refractivity contribution is 6.06. The Kier molecular flexibility index (Phi) is 3.02. The molecule has 0 saturated heterocycles. The number of hydrogen-bond donors (Lipinski definition) is 0. The van der Waals surface area contributed by atoms with Gasteiger partial charge in [0.2, 0.25) is 0 Å². The molecule has 0 N–H and O–H groups in total. The van der Waals surface area contributed by atoms with Crippen LogP contribution in [-0.4, -0.2) is 10.9 Å². The van der Waals surface area contributed by atoms with Crippen LogP contribution in [0.1, 0.15) is 27.0 Å². The van der Waals surface area contributed by atoms with Gasteiger partial charge in [0, 0.05) is 17.7 Å². The maximum Gasteiger partial charge on any atom is 0.344 e. The molecule has 0 aliphatic carbocycles. The second-order valence-corrected chi connectivity index (χ2v) is 4.74. The third-order valence-electron chi connectivity index (χ3n) is 3.38. The van der Waals surface area contributed by atoms with Crippen LogP contribution in [0.4, 0.5) is 5.69 Å². The van der Waals surface area contributed by atoms with E-state index in [9.17, 15) is 14.9 Å². The molecule has 2 aromatic rings. The molecule has 0 unspecified atom stereocenters. The van der Waals surface area contributed by atoms with Crippen molar-refractivity contribution in [3.05, 3.63) is 74.8 Å². The number of rotatable bonds is 2. The Morgan fingerprint density at radius 1 is 1.14 bits per heavy atom. The van der Waals surface area contributed by atoms with Crippen molar-refractivity contribution in [2.45, 2.75) is 6.92 Å². The van der Waals surface area contributed by atoms with Crippen LogP contribution >= 0.6 is 0 Å². The summed E-state index contributed by atoms with van der Waals surface area (Å²) >= 11 is 0. The molecule has 21 heavy (non-hydrogen) atoms. The number of ether oxygens (including phenoxy) is 1. The van der Waals surface area contributed by atoms with Crippen molar-refractivity contribution in [2.75, 3.05) is 0 Å². The van der Waals surface area contributed by atoms with E-state index in [0.717, 1.165) is 11.1 Å². The topological polar surface area (TPSA) is 69.4 Å². The molecule has 1 aliphatic rings. The minimum Gasteiger partial charge on any atom is -0.422 e. The molecule has 0 atom stereocenters. The highest BCUT2D eigenvalue weighted by Gasteiger charge is 2.28. The van der Waals surface area contributed by atoms with E-state index in [1.54, 1.807) is 12.1 Å². The molecule has 1 aliphatic heterocycles. The van der Waals surface area contributed by atoms with Crippen molar-refractivity contribution < 1.29 is 14.5 Å². The van der Waals surface area contributed by atoms with Crippen LogP contribution in [0.25, 0.3) is 11.8 Å². The van der Waals surface area contributed by atoms with Gasteiger partial charge in [0.25, 0.3) is 5.69 Å². The summed E-state index contributed by atoms with van der Waals surface area (Å²) in [5, 5.41) is 10.8. The number of cyclic esters (lactones) is 1. The van der Waals surface area contributed by atoms with E-state index in [1.165, 1.54) is 12.1 Å². The summed E-state index contributed by atoms with van der Waals surface area (Å²) in [6.07, 6.45) is 1.77. The number of fused-ring (bicyclic) bond motifs is 1. The molecule has 0 radical (unpaired) electrons. The molecule has 2 aromatic carbocycles. The number of nitro benzene ring substituents is 1. The minimum atomic E-state index is -0.562. The second-order valence-electron chi connectivity index (χ2n) is 4.74. The molecule has 5 heteroatoms. The van der Waals surface area contributed by atoms with Crippen molar-refractivity contribution in [2.24, 2.45) is 0 Å². The number of aryl methyl sites for hydroxylation is 1.